The Labute approximate surface area is 216 Å². The van der Waals surface area contributed by atoms with Crippen LogP contribution in [0.1, 0.15) is 23.1 Å². The van der Waals surface area contributed by atoms with Gasteiger partial charge in [-0.1, -0.05) is 30.3 Å². The van der Waals surface area contributed by atoms with E-state index in [2.05, 4.69) is 37.8 Å². The number of benzene rings is 3. The Hall–Kier alpha value is -4.36. The van der Waals surface area contributed by atoms with E-state index >= 15 is 0 Å². The van der Waals surface area contributed by atoms with Crippen LogP contribution in [0, 0.1) is 11.3 Å². The summed E-state index contributed by atoms with van der Waals surface area (Å²) in [7, 11) is 2.99. The molecule has 0 fully saturated rings. The molecule has 0 bridgehead atoms. The summed E-state index contributed by atoms with van der Waals surface area (Å²) in [6.45, 7) is 0.180. The molecule has 3 aromatic rings. The van der Waals surface area contributed by atoms with Gasteiger partial charge in [0.25, 0.3) is 0 Å². The molecule has 10 heteroatoms. The lowest BCUT2D eigenvalue weighted by Gasteiger charge is -2.14. The highest BCUT2D eigenvalue weighted by Gasteiger charge is 2.14. The van der Waals surface area contributed by atoms with Crippen LogP contribution in [-0.2, 0) is 16.2 Å². The molecule has 2 amide bonds. The van der Waals surface area contributed by atoms with Crippen molar-refractivity contribution in [1.29, 1.82) is 5.26 Å². The van der Waals surface area contributed by atoms with Crippen molar-refractivity contribution in [2.45, 2.75) is 13.0 Å². The quantitative estimate of drug-likeness (QED) is 0.219. The maximum atomic E-state index is 12.2. The summed E-state index contributed by atoms with van der Waals surface area (Å²) in [5.74, 6) is 0.296. The van der Waals surface area contributed by atoms with Gasteiger partial charge in [-0.05, 0) is 51.8 Å². The van der Waals surface area contributed by atoms with Crippen LogP contribution in [0.15, 0.2) is 70.2 Å². The van der Waals surface area contributed by atoms with Gasteiger partial charge < -0.3 is 19.5 Å². The summed E-state index contributed by atoms with van der Waals surface area (Å²) in [5.41, 5.74) is 4.69. The second-order valence-corrected chi connectivity index (χ2v) is 8.16. The Morgan fingerprint density at radius 3 is 2.50 bits per heavy atom. The van der Waals surface area contributed by atoms with Gasteiger partial charge >= 0.3 is 0 Å². The number of hydrazone groups is 1. The number of hydrogen-bond acceptors (Lipinski definition) is 7. The minimum absolute atomic E-state index is 0.180. The summed E-state index contributed by atoms with van der Waals surface area (Å²) in [4.78, 5) is 24.3. The van der Waals surface area contributed by atoms with E-state index in [1.807, 2.05) is 12.1 Å². The first-order chi connectivity index (χ1) is 17.4. The van der Waals surface area contributed by atoms with Gasteiger partial charge in [0.05, 0.1) is 42.2 Å². The maximum absolute atomic E-state index is 12.2. The number of ether oxygens (including phenoxy) is 3. The highest BCUT2D eigenvalue weighted by Crippen LogP contribution is 2.37. The minimum Gasteiger partial charge on any atom is -0.495 e. The second kappa shape index (κ2) is 12.9. The highest BCUT2D eigenvalue weighted by molar-refractivity contribution is 9.10. The molecule has 0 aliphatic carbocycles. The molecule has 2 N–H and O–H groups in total. The molecular weight excluding hydrogens is 528 g/mol. The van der Waals surface area contributed by atoms with Crippen molar-refractivity contribution in [3.8, 4) is 23.3 Å². The van der Waals surface area contributed by atoms with E-state index in [1.165, 1.54) is 20.4 Å². The van der Waals surface area contributed by atoms with Crippen LogP contribution in [0.5, 0.6) is 17.2 Å². The molecule has 0 heterocycles. The predicted octanol–water partition coefficient (Wildman–Crippen LogP) is 4.40. The van der Waals surface area contributed by atoms with Gasteiger partial charge in [0, 0.05) is 5.56 Å². The minimum atomic E-state index is -0.583. The third-order valence-electron chi connectivity index (χ3n) is 4.87. The summed E-state index contributed by atoms with van der Waals surface area (Å²) in [5, 5.41) is 15.8. The van der Waals surface area contributed by atoms with E-state index in [0.717, 1.165) is 5.56 Å². The fourth-order valence-corrected chi connectivity index (χ4v) is 3.74. The first-order valence-electron chi connectivity index (χ1n) is 10.7. The van der Waals surface area contributed by atoms with Crippen molar-refractivity contribution in [3.63, 3.8) is 0 Å². The van der Waals surface area contributed by atoms with E-state index in [9.17, 15) is 14.9 Å². The van der Waals surface area contributed by atoms with Crippen molar-refractivity contribution in [2.75, 3.05) is 19.5 Å². The van der Waals surface area contributed by atoms with Gasteiger partial charge in [-0.2, -0.15) is 10.4 Å². The van der Waals surface area contributed by atoms with Gasteiger partial charge in [-0.3, -0.25) is 9.59 Å². The summed E-state index contributed by atoms with van der Waals surface area (Å²) < 4.78 is 17.1. The molecule has 0 spiro atoms. The van der Waals surface area contributed by atoms with Gasteiger partial charge in [-0.25, -0.2) is 5.43 Å². The van der Waals surface area contributed by atoms with Crippen molar-refractivity contribution in [1.82, 2.24) is 5.43 Å². The molecule has 3 rings (SSSR count). The van der Waals surface area contributed by atoms with Crippen LogP contribution < -0.4 is 25.0 Å². The molecular formula is C26H23BrN4O5. The summed E-state index contributed by atoms with van der Waals surface area (Å²) >= 11 is 3.46. The summed E-state index contributed by atoms with van der Waals surface area (Å²) in [6, 6.07) is 19.6. The molecule has 3 aromatic carbocycles. The van der Waals surface area contributed by atoms with Crippen LogP contribution in [0.4, 0.5) is 5.69 Å². The molecule has 36 heavy (non-hydrogen) atoms. The van der Waals surface area contributed by atoms with Crippen molar-refractivity contribution >= 4 is 39.6 Å². The third-order valence-corrected chi connectivity index (χ3v) is 5.46. The number of nitrogens with one attached hydrogen (secondary N) is 2. The molecule has 0 aliphatic rings. The summed E-state index contributed by atoms with van der Waals surface area (Å²) in [6.07, 6.45) is 0.997. The first kappa shape index (κ1) is 26.2. The van der Waals surface area contributed by atoms with Crippen LogP contribution in [0.3, 0.4) is 0 Å². The highest BCUT2D eigenvalue weighted by atomic mass is 79.9. The first-order valence-corrected chi connectivity index (χ1v) is 11.5. The van der Waals surface area contributed by atoms with E-state index in [0.29, 0.717) is 38.5 Å². The topological polar surface area (TPSA) is 122 Å². The monoisotopic (exact) mass is 550 g/mol. The lowest BCUT2D eigenvalue weighted by Crippen LogP contribution is -2.24. The van der Waals surface area contributed by atoms with Crippen LogP contribution in [-0.4, -0.2) is 32.2 Å². The number of methoxy groups -OCH3 is 2. The van der Waals surface area contributed by atoms with E-state index in [4.69, 9.17) is 14.2 Å². The predicted molar refractivity (Wildman–Crippen MR) is 138 cm³/mol. The zero-order valence-electron chi connectivity index (χ0n) is 19.6. The Kier molecular flexibility index (Phi) is 9.42. The van der Waals surface area contributed by atoms with Crippen molar-refractivity contribution < 1.29 is 23.8 Å². The number of carbonyl (C=O) groups excluding carboxylic acids is 2. The van der Waals surface area contributed by atoms with Crippen LogP contribution >= 0.6 is 15.9 Å². The van der Waals surface area contributed by atoms with E-state index < -0.39 is 18.2 Å². The number of amides is 2. The lowest BCUT2D eigenvalue weighted by atomic mass is 10.1. The molecule has 0 aliphatic heterocycles. The Bertz CT molecular complexity index is 1320. The normalized spacial score (nSPS) is 10.4. The van der Waals surface area contributed by atoms with Gasteiger partial charge in [0.1, 0.15) is 18.8 Å². The number of rotatable bonds is 10. The number of para-hydroxylation sites is 2. The molecule has 0 radical (unpaired) electrons. The number of carbonyl (C=O) groups is 2. The number of nitrogens with zero attached hydrogens (tertiary/aromatic N) is 2. The molecule has 0 aromatic heterocycles. The SMILES string of the molecule is COc1ccccc1NC(=O)CC(=O)NN=Cc1cc(Br)c(OCc2ccccc2C#N)c(OC)c1. The van der Waals surface area contributed by atoms with Gasteiger partial charge in [0.15, 0.2) is 11.5 Å². The van der Waals surface area contributed by atoms with Crippen LogP contribution in [0.25, 0.3) is 0 Å². The molecule has 0 saturated carbocycles. The van der Waals surface area contributed by atoms with Crippen molar-refractivity contribution in [2.24, 2.45) is 5.10 Å². The smallest absolute Gasteiger partial charge is 0.249 e. The maximum Gasteiger partial charge on any atom is 0.249 e. The Balaban J connectivity index is 1.59. The lowest BCUT2D eigenvalue weighted by molar-refractivity contribution is -0.126. The molecule has 0 atom stereocenters. The Morgan fingerprint density at radius 2 is 1.75 bits per heavy atom. The molecule has 9 nitrogen and oxygen atoms in total. The van der Waals surface area contributed by atoms with E-state index in [-0.39, 0.29) is 6.61 Å². The number of halogens is 1. The average Bonchev–Trinajstić information content (AvgIpc) is 2.88. The largest absolute Gasteiger partial charge is 0.495 e. The van der Waals surface area contributed by atoms with Crippen molar-refractivity contribution in [3.05, 3.63) is 81.8 Å². The molecule has 0 unspecified atom stereocenters. The standard InChI is InChI=1S/C26H23BrN4O5/c1-34-22-10-6-5-9-21(22)30-24(32)13-25(33)31-29-15-17-11-20(27)26(23(12-17)35-2)36-16-19-8-4-3-7-18(19)14-28/h3-12,15H,13,16H2,1-2H3,(H,30,32)(H,31,33). The number of anilines is 1. The zero-order valence-corrected chi connectivity index (χ0v) is 21.2. The fourth-order valence-electron chi connectivity index (χ4n) is 3.17. The number of nitriles is 1. The van der Waals surface area contributed by atoms with Gasteiger partial charge in [0.2, 0.25) is 11.8 Å². The Morgan fingerprint density at radius 1 is 1.03 bits per heavy atom. The van der Waals surface area contributed by atoms with Crippen LogP contribution in [0.2, 0.25) is 0 Å². The fraction of sp³-hybridized carbons (Fsp3) is 0.154. The van der Waals surface area contributed by atoms with Gasteiger partial charge in [-0.15, -0.1) is 0 Å². The molecule has 0 saturated heterocycles. The molecule has 184 valence electrons. The third kappa shape index (κ3) is 7.07. The van der Waals surface area contributed by atoms with E-state index in [1.54, 1.807) is 48.5 Å². The second-order valence-electron chi connectivity index (χ2n) is 7.31. The number of hydrogen-bond donors (Lipinski definition) is 2. The zero-order chi connectivity index (χ0) is 25.9. The average molecular weight is 551 g/mol.